The van der Waals surface area contributed by atoms with Crippen LogP contribution < -0.4 is 5.32 Å². The minimum Gasteiger partial charge on any atom is -0.345 e. The van der Waals surface area contributed by atoms with Crippen molar-refractivity contribution in [1.82, 2.24) is 14.7 Å². The molecule has 1 aliphatic rings. The molecule has 6 nitrogen and oxygen atoms in total. The molecular formula is C19H30N4O2. The predicted molar refractivity (Wildman–Crippen MR) is 101 cm³/mol. The Labute approximate surface area is 150 Å². The van der Waals surface area contributed by atoms with Gasteiger partial charge in [-0.25, -0.2) is 0 Å². The van der Waals surface area contributed by atoms with Crippen LogP contribution in [0.15, 0.2) is 18.2 Å². The third-order valence-corrected chi connectivity index (χ3v) is 4.71. The molecule has 0 atom stereocenters. The number of nitrogens with zero attached hydrogens (tertiary/aromatic N) is 3. The van der Waals surface area contributed by atoms with Gasteiger partial charge in [-0.1, -0.05) is 6.92 Å². The average Bonchev–Trinajstić information content (AvgIpc) is 2.60. The Bertz CT molecular complexity index is 607. The van der Waals surface area contributed by atoms with Crippen LogP contribution in [-0.4, -0.2) is 79.9 Å². The molecule has 1 heterocycles. The molecule has 1 aromatic carbocycles. The summed E-state index contributed by atoms with van der Waals surface area (Å²) in [5.74, 6) is -0.00870. The van der Waals surface area contributed by atoms with Crippen molar-refractivity contribution in [1.29, 1.82) is 0 Å². The second-order valence-corrected chi connectivity index (χ2v) is 6.80. The molecule has 0 aromatic heterocycles. The first-order valence-electron chi connectivity index (χ1n) is 8.97. The molecule has 2 amide bonds. The van der Waals surface area contributed by atoms with E-state index in [0.717, 1.165) is 50.5 Å². The average molecular weight is 346 g/mol. The summed E-state index contributed by atoms with van der Waals surface area (Å²) in [6.07, 6.45) is 0.490. The van der Waals surface area contributed by atoms with Gasteiger partial charge < -0.3 is 20.0 Å². The van der Waals surface area contributed by atoms with E-state index >= 15 is 0 Å². The van der Waals surface area contributed by atoms with Gasteiger partial charge in [0.15, 0.2) is 0 Å². The first-order valence-corrected chi connectivity index (χ1v) is 8.97. The number of carbonyl (C=O) groups is 2. The van der Waals surface area contributed by atoms with Crippen LogP contribution in [0.25, 0.3) is 0 Å². The van der Waals surface area contributed by atoms with Crippen molar-refractivity contribution in [3.8, 4) is 0 Å². The highest BCUT2D eigenvalue weighted by atomic mass is 16.2. The van der Waals surface area contributed by atoms with Crippen LogP contribution in [0, 0.1) is 6.92 Å². The van der Waals surface area contributed by atoms with Gasteiger partial charge in [0.1, 0.15) is 0 Å². The summed E-state index contributed by atoms with van der Waals surface area (Å²) in [7, 11) is 3.47. The van der Waals surface area contributed by atoms with E-state index in [9.17, 15) is 9.59 Å². The van der Waals surface area contributed by atoms with E-state index in [-0.39, 0.29) is 11.8 Å². The molecule has 0 radical (unpaired) electrons. The number of carbonyl (C=O) groups excluding carboxylic acids is 2. The summed E-state index contributed by atoms with van der Waals surface area (Å²) in [4.78, 5) is 30.6. The fourth-order valence-electron chi connectivity index (χ4n) is 3.03. The van der Waals surface area contributed by atoms with Gasteiger partial charge >= 0.3 is 0 Å². The van der Waals surface area contributed by atoms with Crippen molar-refractivity contribution < 1.29 is 9.59 Å². The standard InChI is InChI=1S/C19H30N4O2/c1-5-22-10-12-23(13-11-22)9-8-18(24)20-16-6-7-17(15(2)14-16)19(25)21(3)4/h6-7,14H,5,8-13H2,1-4H3,(H,20,24). The smallest absolute Gasteiger partial charge is 0.253 e. The highest BCUT2D eigenvalue weighted by Crippen LogP contribution is 2.16. The van der Waals surface area contributed by atoms with Gasteiger partial charge in [0.05, 0.1) is 0 Å². The lowest BCUT2D eigenvalue weighted by molar-refractivity contribution is -0.116. The molecular weight excluding hydrogens is 316 g/mol. The van der Waals surface area contributed by atoms with E-state index in [0.29, 0.717) is 12.0 Å². The predicted octanol–water partition coefficient (Wildman–Crippen LogP) is 1.66. The second kappa shape index (κ2) is 8.97. The fourth-order valence-corrected chi connectivity index (χ4v) is 3.03. The van der Waals surface area contributed by atoms with E-state index in [1.165, 1.54) is 0 Å². The lowest BCUT2D eigenvalue weighted by atomic mass is 10.1. The lowest BCUT2D eigenvalue weighted by Crippen LogP contribution is -2.46. The van der Waals surface area contributed by atoms with Gasteiger partial charge in [0.25, 0.3) is 5.91 Å². The molecule has 6 heteroatoms. The van der Waals surface area contributed by atoms with E-state index in [1.54, 1.807) is 31.1 Å². The molecule has 0 saturated carbocycles. The van der Waals surface area contributed by atoms with Crippen LogP contribution >= 0.6 is 0 Å². The van der Waals surface area contributed by atoms with Crippen molar-refractivity contribution in [3.05, 3.63) is 29.3 Å². The summed E-state index contributed by atoms with van der Waals surface area (Å²) in [5, 5.41) is 2.94. The van der Waals surface area contributed by atoms with E-state index in [2.05, 4.69) is 22.0 Å². The quantitative estimate of drug-likeness (QED) is 0.851. The Morgan fingerprint density at radius 1 is 1.12 bits per heavy atom. The zero-order valence-electron chi connectivity index (χ0n) is 15.8. The summed E-state index contributed by atoms with van der Waals surface area (Å²) in [6, 6.07) is 5.42. The van der Waals surface area contributed by atoms with E-state index in [4.69, 9.17) is 0 Å². The number of nitrogens with one attached hydrogen (secondary N) is 1. The summed E-state index contributed by atoms with van der Waals surface area (Å²) < 4.78 is 0. The maximum Gasteiger partial charge on any atom is 0.253 e. The van der Waals surface area contributed by atoms with Crippen LogP contribution in [0.1, 0.15) is 29.3 Å². The lowest BCUT2D eigenvalue weighted by Gasteiger charge is -2.33. The molecule has 1 aromatic rings. The Morgan fingerprint density at radius 2 is 1.76 bits per heavy atom. The summed E-state index contributed by atoms with van der Waals surface area (Å²) >= 11 is 0. The second-order valence-electron chi connectivity index (χ2n) is 6.80. The molecule has 1 aliphatic heterocycles. The minimum absolute atomic E-state index is 0.0176. The molecule has 138 valence electrons. The fraction of sp³-hybridized carbons (Fsp3) is 0.579. The van der Waals surface area contributed by atoms with Crippen molar-refractivity contribution in [2.75, 3.05) is 58.7 Å². The van der Waals surface area contributed by atoms with Crippen LogP contribution in [-0.2, 0) is 4.79 Å². The topological polar surface area (TPSA) is 55.9 Å². The molecule has 25 heavy (non-hydrogen) atoms. The Morgan fingerprint density at radius 3 is 2.32 bits per heavy atom. The van der Waals surface area contributed by atoms with E-state index < -0.39 is 0 Å². The Kier molecular flexibility index (Phi) is 6.96. The minimum atomic E-state index is -0.0263. The van der Waals surface area contributed by atoms with Crippen molar-refractivity contribution in [3.63, 3.8) is 0 Å². The zero-order chi connectivity index (χ0) is 18.4. The van der Waals surface area contributed by atoms with Crippen molar-refractivity contribution in [2.24, 2.45) is 0 Å². The molecule has 1 fully saturated rings. The van der Waals surface area contributed by atoms with E-state index in [1.807, 2.05) is 13.0 Å². The maximum atomic E-state index is 12.2. The molecule has 1 N–H and O–H groups in total. The third-order valence-electron chi connectivity index (χ3n) is 4.71. The number of amides is 2. The maximum absolute atomic E-state index is 12.2. The van der Waals surface area contributed by atoms with Crippen LogP contribution in [0.5, 0.6) is 0 Å². The molecule has 1 saturated heterocycles. The SMILES string of the molecule is CCN1CCN(CCC(=O)Nc2ccc(C(=O)N(C)C)c(C)c2)CC1. The number of benzene rings is 1. The summed E-state index contributed by atoms with van der Waals surface area (Å²) in [6.45, 7) is 10.2. The molecule has 0 bridgehead atoms. The number of rotatable bonds is 6. The third kappa shape index (κ3) is 5.54. The normalized spacial score (nSPS) is 15.8. The molecule has 0 spiro atoms. The van der Waals surface area contributed by atoms with Gasteiger partial charge in [0, 0.05) is 64.5 Å². The number of piperazine rings is 1. The van der Waals surface area contributed by atoms with Crippen LogP contribution in [0.4, 0.5) is 5.69 Å². The van der Waals surface area contributed by atoms with Crippen LogP contribution in [0.3, 0.4) is 0 Å². The first kappa shape index (κ1) is 19.4. The van der Waals surface area contributed by atoms with Gasteiger partial charge in [0.2, 0.25) is 5.91 Å². The number of anilines is 1. The Hall–Kier alpha value is -1.92. The summed E-state index contributed by atoms with van der Waals surface area (Å²) in [5.41, 5.74) is 2.28. The van der Waals surface area contributed by atoms with Gasteiger partial charge in [-0.3, -0.25) is 9.59 Å². The van der Waals surface area contributed by atoms with Gasteiger partial charge in [-0.15, -0.1) is 0 Å². The number of aryl methyl sites for hydroxylation is 1. The van der Waals surface area contributed by atoms with Gasteiger partial charge in [-0.2, -0.15) is 0 Å². The number of hydrogen-bond acceptors (Lipinski definition) is 4. The highest BCUT2D eigenvalue weighted by Gasteiger charge is 2.16. The highest BCUT2D eigenvalue weighted by molar-refractivity contribution is 5.97. The Balaban J connectivity index is 1.82. The molecule has 0 unspecified atom stereocenters. The molecule has 0 aliphatic carbocycles. The molecule has 2 rings (SSSR count). The van der Waals surface area contributed by atoms with Crippen LogP contribution in [0.2, 0.25) is 0 Å². The zero-order valence-corrected chi connectivity index (χ0v) is 15.8. The largest absolute Gasteiger partial charge is 0.345 e. The van der Waals surface area contributed by atoms with Crippen molar-refractivity contribution >= 4 is 17.5 Å². The number of likely N-dealkylation sites (N-methyl/N-ethyl adjacent to an activating group) is 1. The van der Waals surface area contributed by atoms with Crippen molar-refractivity contribution in [2.45, 2.75) is 20.3 Å². The first-order chi connectivity index (χ1) is 11.9. The van der Waals surface area contributed by atoms with Gasteiger partial charge in [-0.05, 0) is 37.2 Å². The number of hydrogen-bond donors (Lipinski definition) is 1. The monoisotopic (exact) mass is 346 g/mol.